The fourth-order valence-electron chi connectivity index (χ4n) is 3.54. The SMILES string of the molecule is CCCCCCCCCCCCO[C@H]1CN[C@H](Cn2ccnc2)C1. The van der Waals surface area contributed by atoms with Gasteiger partial charge in [0, 0.05) is 38.1 Å². The Balaban J connectivity index is 1.36. The minimum absolute atomic E-state index is 0.400. The van der Waals surface area contributed by atoms with E-state index >= 15 is 0 Å². The van der Waals surface area contributed by atoms with Crippen LogP contribution in [-0.2, 0) is 11.3 Å². The average molecular weight is 336 g/mol. The molecule has 0 saturated carbocycles. The third kappa shape index (κ3) is 8.29. The van der Waals surface area contributed by atoms with E-state index in [1.807, 2.05) is 18.7 Å². The van der Waals surface area contributed by atoms with Gasteiger partial charge in [0.2, 0.25) is 0 Å². The highest BCUT2D eigenvalue weighted by molar-refractivity contribution is 4.85. The Labute approximate surface area is 148 Å². The minimum atomic E-state index is 0.400. The first-order chi connectivity index (χ1) is 11.9. The summed E-state index contributed by atoms with van der Waals surface area (Å²) >= 11 is 0. The predicted molar refractivity (Wildman–Crippen MR) is 100 cm³/mol. The van der Waals surface area contributed by atoms with Crippen LogP contribution in [0.1, 0.15) is 77.6 Å². The van der Waals surface area contributed by atoms with Crippen LogP contribution in [0.4, 0.5) is 0 Å². The van der Waals surface area contributed by atoms with Crippen molar-refractivity contribution in [2.24, 2.45) is 0 Å². The maximum absolute atomic E-state index is 6.04. The summed E-state index contributed by atoms with van der Waals surface area (Å²) in [6.07, 6.45) is 21.1. The molecule has 0 radical (unpaired) electrons. The van der Waals surface area contributed by atoms with Gasteiger partial charge in [-0.05, 0) is 12.8 Å². The normalized spacial score (nSPS) is 20.7. The molecule has 4 heteroatoms. The molecule has 2 rings (SSSR count). The van der Waals surface area contributed by atoms with Crippen LogP contribution in [0.25, 0.3) is 0 Å². The molecule has 0 amide bonds. The highest BCUT2D eigenvalue weighted by Crippen LogP contribution is 2.14. The summed E-state index contributed by atoms with van der Waals surface area (Å²) in [5.74, 6) is 0. The Morgan fingerprint density at radius 3 is 2.42 bits per heavy atom. The summed E-state index contributed by atoms with van der Waals surface area (Å²) in [5, 5.41) is 3.56. The third-order valence-electron chi connectivity index (χ3n) is 5.02. The van der Waals surface area contributed by atoms with E-state index in [9.17, 15) is 0 Å². The molecule has 1 aromatic heterocycles. The third-order valence-corrected chi connectivity index (χ3v) is 5.02. The number of rotatable bonds is 14. The molecule has 0 spiro atoms. The summed E-state index contributed by atoms with van der Waals surface area (Å²) in [6.45, 7) is 5.21. The molecule has 1 aliphatic rings. The van der Waals surface area contributed by atoms with Gasteiger partial charge >= 0.3 is 0 Å². The van der Waals surface area contributed by atoms with E-state index in [0.717, 1.165) is 26.1 Å². The first-order valence-corrected chi connectivity index (χ1v) is 10.2. The summed E-state index contributed by atoms with van der Waals surface area (Å²) in [4.78, 5) is 4.10. The molecule has 0 bridgehead atoms. The summed E-state index contributed by atoms with van der Waals surface area (Å²) in [7, 11) is 0. The molecule has 0 aromatic carbocycles. The number of nitrogens with one attached hydrogen (secondary N) is 1. The maximum atomic E-state index is 6.04. The largest absolute Gasteiger partial charge is 0.377 e. The van der Waals surface area contributed by atoms with Crippen LogP contribution < -0.4 is 5.32 Å². The number of aromatic nitrogens is 2. The highest BCUT2D eigenvalue weighted by atomic mass is 16.5. The van der Waals surface area contributed by atoms with Gasteiger partial charge in [-0.2, -0.15) is 0 Å². The van der Waals surface area contributed by atoms with Crippen molar-refractivity contribution in [3.05, 3.63) is 18.7 Å². The Hall–Kier alpha value is -0.870. The second-order valence-corrected chi connectivity index (χ2v) is 7.28. The molecule has 1 N–H and O–H groups in total. The molecule has 1 aromatic rings. The van der Waals surface area contributed by atoms with Crippen molar-refractivity contribution in [2.75, 3.05) is 13.2 Å². The van der Waals surface area contributed by atoms with E-state index in [1.54, 1.807) is 0 Å². The monoisotopic (exact) mass is 335 g/mol. The van der Waals surface area contributed by atoms with Gasteiger partial charge in [0.05, 0.1) is 12.4 Å². The Morgan fingerprint density at radius 2 is 1.75 bits per heavy atom. The predicted octanol–water partition coefficient (Wildman–Crippen LogP) is 4.55. The van der Waals surface area contributed by atoms with Crippen LogP contribution in [-0.4, -0.2) is 34.8 Å². The van der Waals surface area contributed by atoms with Crippen LogP contribution in [0.5, 0.6) is 0 Å². The van der Waals surface area contributed by atoms with Crippen molar-refractivity contribution in [3.63, 3.8) is 0 Å². The standard InChI is InChI=1S/C20H37N3O/c1-2-3-4-5-6-7-8-9-10-11-14-24-20-15-19(22-16-20)17-23-13-12-21-18-23/h12-13,18-20,22H,2-11,14-17H2,1H3/t19-,20+/m0/s1. The second kappa shape index (κ2) is 12.5. The Kier molecular flexibility index (Phi) is 10.1. The van der Waals surface area contributed by atoms with Gasteiger partial charge in [-0.15, -0.1) is 0 Å². The average Bonchev–Trinajstić information content (AvgIpc) is 3.25. The second-order valence-electron chi connectivity index (χ2n) is 7.28. The van der Waals surface area contributed by atoms with Crippen LogP contribution in [0, 0.1) is 0 Å². The number of unbranched alkanes of at least 4 members (excludes halogenated alkanes) is 9. The number of hydrogen-bond donors (Lipinski definition) is 1. The van der Waals surface area contributed by atoms with Gasteiger partial charge in [-0.25, -0.2) is 4.98 Å². The van der Waals surface area contributed by atoms with Gasteiger partial charge in [0.25, 0.3) is 0 Å². The Bertz CT molecular complexity index is 394. The first kappa shape index (κ1) is 19.5. The molecule has 1 aliphatic heterocycles. The van der Waals surface area contributed by atoms with E-state index < -0.39 is 0 Å². The molecule has 1 fully saturated rings. The molecule has 138 valence electrons. The van der Waals surface area contributed by atoms with Crippen LogP contribution in [0.2, 0.25) is 0 Å². The zero-order valence-corrected chi connectivity index (χ0v) is 15.6. The van der Waals surface area contributed by atoms with E-state index in [1.165, 1.54) is 64.2 Å². The molecule has 2 heterocycles. The van der Waals surface area contributed by atoms with E-state index in [4.69, 9.17) is 4.74 Å². The van der Waals surface area contributed by atoms with Gasteiger partial charge < -0.3 is 14.6 Å². The van der Waals surface area contributed by atoms with Crippen molar-refractivity contribution in [1.29, 1.82) is 0 Å². The maximum Gasteiger partial charge on any atom is 0.0946 e. The summed E-state index contributed by atoms with van der Waals surface area (Å²) in [6, 6.07) is 0.525. The van der Waals surface area contributed by atoms with Crippen molar-refractivity contribution < 1.29 is 4.74 Å². The van der Waals surface area contributed by atoms with Gasteiger partial charge in [0.15, 0.2) is 0 Å². The topological polar surface area (TPSA) is 39.1 Å². The first-order valence-electron chi connectivity index (χ1n) is 10.2. The summed E-state index contributed by atoms with van der Waals surface area (Å²) < 4.78 is 8.18. The molecular weight excluding hydrogens is 298 g/mol. The zero-order valence-electron chi connectivity index (χ0n) is 15.6. The van der Waals surface area contributed by atoms with E-state index in [0.29, 0.717) is 12.1 Å². The smallest absolute Gasteiger partial charge is 0.0946 e. The number of imidazole rings is 1. The lowest BCUT2D eigenvalue weighted by atomic mass is 10.1. The fourth-order valence-corrected chi connectivity index (χ4v) is 3.54. The lowest BCUT2D eigenvalue weighted by Crippen LogP contribution is -2.26. The van der Waals surface area contributed by atoms with Crippen molar-refractivity contribution in [2.45, 2.75) is 96.2 Å². The van der Waals surface area contributed by atoms with E-state index in [2.05, 4.69) is 21.8 Å². The van der Waals surface area contributed by atoms with Gasteiger partial charge in [0.1, 0.15) is 0 Å². The lowest BCUT2D eigenvalue weighted by Gasteiger charge is -2.12. The number of ether oxygens (including phenoxy) is 1. The highest BCUT2D eigenvalue weighted by Gasteiger charge is 2.24. The molecule has 24 heavy (non-hydrogen) atoms. The fraction of sp³-hybridized carbons (Fsp3) is 0.850. The quantitative estimate of drug-likeness (QED) is 0.507. The van der Waals surface area contributed by atoms with Gasteiger partial charge in [-0.1, -0.05) is 64.7 Å². The van der Waals surface area contributed by atoms with Crippen molar-refractivity contribution >= 4 is 0 Å². The van der Waals surface area contributed by atoms with Crippen molar-refractivity contribution in [3.8, 4) is 0 Å². The molecular formula is C20H37N3O. The molecule has 4 nitrogen and oxygen atoms in total. The Morgan fingerprint density at radius 1 is 1.04 bits per heavy atom. The zero-order chi connectivity index (χ0) is 16.9. The minimum Gasteiger partial charge on any atom is -0.377 e. The van der Waals surface area contributed by atoms with Crippen molar-refractivity contribution in [1.82, 2.24) is 14.9 Å². The lowest BCUT2D eigenvalue weighted by molar-refractivity contribution is 0.0621. The number of nitrogens with zero attached hydrogens (tertiary/aromatic N) is 2. The van der Waals surface area contributed by atoms with Gasteiger partial charge in [-0.3, -0.25) is 0 Å². The molecule has 1 saturated heterocycles. The van der Waals surface area contributed by atoms with Crippen LogP contribution in [0.15, 0.2) is 18.7 Å². The number of hydrogen-bond acceptors (Lipinski definition) is 3. The molecule has 2 atom stereocenters. The molecule has 0 unspecified atom stereocenters. The molecule has 0 aliphatic carbocycles. The van der Waals surface area contributed by atoms with Crippen LogP contribution >= 0.6 is 0 Å². The summed E-state index contributed by atoms with van der Waals surface area (Å²) in [5.41, 5.74) is 0. The van der Waals surface area contributed by atoms with Crippen LogP contribution in [0.3, 0.4) is 0 Å². The van der Waals surface area contributed by atoms with E-state index in [-0.39, 0.29) is 0 Å².